The first-order chi connectivity index (χ1) is 16.9. The molecule has 2 aliphatic rings. The monoisotopic (exact) mass is 496 g/mol. The molecule has 1 amide bonds. The average molecular weight is 497 g/mol. The first-order valence-electron chi connectivity index (χ1n) is 13.0. The number of nitrogens with zero attached hydrogens (tertiary/aromatic N) is 2. The van der Waals surface area contributed by atoms with Crippen molar-refractivity contribution in [2.24, 2.45) is 5.92 Å². The molecule has 35 heavy (non-hydrogen) atoms. The van der Waals surface area contributed by atoms with Gasteiger partial charge in [-0.2, -0.15) is 0 Å². The number of aliphatic hydroxyl groups excluding tert-OH is 1. The van der Waals surface area contributed by atoms with E-state index in [0.29, 0.717) is 44.5 Å². The molecule has 0 bridgehead atoms. The van der Waals surface area contributed by atoms with E-state index in [1.54, 1.807) is 11.3 Å². The summed E-state index contributed by atoms with van der Waals surface area (Å²) in [5, 5.41) is 12.6. The molecule has 5 nitrogen and oxygen atoms in total. The fourth-order valence-corrected chi connectivity index (χ4v) is 5.78. The molecule has 0 unspecified atom stereocenters. The molecule has 1 aromatic carbocycles. The Kier molecular flexibility index (Phi) is 9.04. The highest BCUT2D eigenvalue weighted by molar-refractivity contribution is 7.10. The highest BCUT2D eigenvalue weighted by atomic mass is 32.1. The van der Waals surface area contributed by atoms with Crippen molar-refractivity contribution in [1.29, 1.82) is 0 Å². The third kappa shape index (κ3) is 7.18. The number of benzene rings is 1. The summed E-state index contributed by atoms with van der Waals surface area (Å²) < 4.78 is 6.22. The maximum Gasteiger partial charge on any atom is 0.237 e. The highest BCUT2D eigenvalue weighted by Gasteiger charge is 2.34. The molecule has 1 fully saturated rings. The minimum Gasteiger partial charge on any atom is -0.491 e. The van der Waals surface area contributed by atoms with Gasteiger partial charge in [-0.05, 0) is 78.6 Å². The summed E-state index contributed by atoms with van der Waals surface area (Å²) in [6.07, 6.45) is 6.22. The van der Waals surface area contributed by atoms with Crippen molar-refractivity contribution in [2.45, 2.75) is 64.0 Å². The first-order valence-corrected chi connectivity index (χ1v) is 13.9. The van der Waals surface area contributed by atoms with Gasteiger partial charge in [-0.15, -0.1) is 17.9 Å². The number of aliphatic hydroxyl groups is 1. The van der Waals surface area contributed by atoms with Crippen molar-refractivity contribution in [1.82, 2.24) is 9.80 Å². The van der Waals surface area contributed by atoms with Crippen LogP contribution in [0.2, 0.25) is 0 Å². The van der Waals surface area contributed by atoms with Crippen molar-refractivity contribution in [2.75, 3.05) is 32.8 Å². The molecule has 2 heterocycles. The fraction of sp³-hybridized carbons (Fsp3) is 0.552. The zero-order valence-electron chi connectivity index (χ0n) is 21.2. The van der Waals surface area contributed by atoms with Gasteiger partial charge in [0.15, 0.2) is 0 Å². The summed E-state index contributed by atoms with van der Waals surface area (Å²) in [6.45, 7) is 11.1. The van der Waals surface area contributed by atoms with Gasteiger partial charge in [0, 0.05) is 24.5 Å². The van der Waals surface area contributed by atoms with E-state index in [4.69, 9.17) is 4.74 Å². The minimum atomic E-state index is -0.433. The molecule has 4 rings (SSSR count). The van der Waals surface area contributed by atoms with Crippen molar-refractivity contribution in [3.63, 3.8) is 0 Å². The summed E-state index contributed by atoms with van der Waals surface area (Å²) in [6, 6.07) is 10.4. The van der Waals surface area contributed by atoms with Crippen LogP contribution in [0.1, 0.15) is 67.5 Å². The second-order valence-electron chi connectivity index (χ2n) is 10.3. The molecule has 1 aliphatic carbocycles. The molecule has 0 saturated heterocycles. The summed E-state index contributed by atoms with van der Waals surface area (Å²) in [4.78, 5) is 19.1. The average Bonchev–Trinajstić information content (AvgIpc) is 3.53. The van der Waals surface area contributed by atoms with Gasteiger partial charge in [0.05, 0.1) is 18.7 Å². The lowest BCUT2D eigenvalue weighted by atomic mass is 10.00. The van der Waals surface area contributed by atoms with Gasteiger partial charge in [0.1, 0.15) is 12.4 Å². The number of thiophene rings is 1. The summed E-state index contributed by atoms with van der Waals surface area (Å²) >= 11 is 1.77. The minimum absolute atomic E-state index is 0.0873. The Morgan fingerprint density at radius 1 is 1.29 bits per heavy atom. The van der Waals surface area contributed by atoms with Gasteiger partial charge in [0.25, 0.3) is 0 Å². The number of rotatable bonds is 13. The molecule has 1 N–H and O–H groups in total. The smallest absolute Gasteiger partial charge is 0.237 e. The first kappa shape index (κ1) is 25.9. The standard InChI is InChI=1S/C29H40N2O3S/c1-4-5-6-24(32)18-30(17-22-7-8-22)19-29(33)31-15-13-28-26(14-16-35-28)27(31)20-34-25-11-9-23(10-12-25)21(2)3/h4,9-12,14,16,21-22,24,27,32H,1,5-8,13,15,17-20H2,2-3H3/t24-,27+/m1/s1. The van der Waals surface area contributed by atoms with Crippen molar-refractivity contribution >= 4 is 17.2 Å². The number of hydrogen-bond acceptors (Lipinski definition) is 5. The molecule has 1 saturated carbocycles. The van der Waals surface area contributed by atoms with E-state index >= 15 is 0 Å². The van der Waals surface area contributed by atoms with Crippen molar-refractivity contribution < 1.29 is 14.6 Å². The Balaban J connectivity index is 1.43. The number of fused-ring (bicyclic) bond motifs is 1. The predicted octanol–water partition coefficient (Wildman–Crippen LogP) is 5.42. The number of amides is 1. The quantitative estimate of drug-likeness (QED) is 0.377. The number of hydrogen-bond donors (Lipinski definition) is 1. The number of carbonyl (C=O) groups is 1. The van der Waals surface area contributed by atoms with Crippen LogP contribution < -0.4 is 4.74 Å². The zero-order valence-corrected chi connectivity index (χ0v) is 22.0. The van der Waals surface area contributed by atoms with Crippen LogP contribution in [0.25, 0.3) is 0 Å². The summed E-state index contributed by atoms with van der Waals surface area (Å²) in [5.74, 6) is 2.11. The van der Waals surface area contributed by atoms with Gasteiger partial charge >= 0.3 is 0 Å². The number of allylic oxidation sites excluding steroid dienone is 1. The van der Waals surface area contributed by atoms with Crippen molar-refractivity contribution in [3.8, 4) is 5.75 Å². The lowest BCUT2D eigenvalue weighted by molar-refractivity contribution is -0.136. The summed E-state index contributed by atoms with van der Waals surface area (Å²) in [5.41, 5.74) is 2.51. The van der Waals surface area contributed by atoms with E-state index in [1.807, 2.05) is 23.1 Å². The molecule has 2 atom stereocenters. The van der Waals surface area contributed by atoms with Crippen LogP contribution in [0.5, 0.6) is 5.75 Å². The SMILES string of the molecule is C=CCC[C@@H](O)CN(CC(=O)N1CCc2sccc2[C@@H]1COc1ccc(C(C)C)cc1)CC1CC1. The zero-order chi connectivity index (χ0) is 24.8. The van der Waals surface area contributed by atoms with Crippen LogP contribution in [-0.4, -0.2) is 59.7 Å². The molecule has 1 aromatic heterocycles. The van der Waals surface area contributed by atoms with E-state index in [2.05, 4.69) is 48.9 Å². The second kappa shape index (κ2) is 12.2. The highest BCUT2D eigenvalue weighted by Crippen LogP contribution is 2.35. The lowest BCUT2D eigenvalue weighted by Gasteiger charge is -2.37. The molecule has 6 heteroatoms. The fourth-order valence-electron chi connectivity index (χ4n) is 4.85. The maximum absolute atomic E-state index is 13.6. The van der Waals surface area contributed by atoms with Gasteiger partial charge < -0.3 is 14.7 Å². The Morgan fingerprint density at radius 2 is 2.06 bits per heavy atom. The van der Waals surface area contributed by atoms with Crippen LogP contribution in [0.4, 0.5) is 0 Å². The van der Waals surface area contributed by atoms with Crippen molar-refractivity contribution in [3.05, 3.63) is 64.4 Å². The van der Waals surface area contributed by atoms with Crippen LogP contribution in [0.15, 0.2) is 48.4 Å². The number of carbonyl (C=O) groups excluding carboxylic acids is 1. The lowest BCUT2D eigenvalue weighted by Crippen LogP contribution is -2.48. The van der Waals surface area contributed by atoms with Gasteiger partial charge in [-0.3, -0.25) is 9.69 Å². The van der Waals surface area contributed by atoms with Crippen LogP contribution in [-0.2, 0) is 11.2 Å². The molecule has 190 valence electrons. The third-order valence-electron chi connectivity index (χ3n) is 7.11. The van der Waals surface area contributed by atoms with E-state index < -0.39 is 6.10 Å². The van der Waals surface area contributed by atoms with E-state index in [1.165, 1.54) is 28.8 Å². The third-order valence-corrected chi connectivity index (χ3v) is 8.11. The van der Waals surface area contributed by atoms with Crippen LogP contribution in [0, 0.1) is 5.92 Å². The molecule has 1 aliphatic heterocycles. The molecule has 2 aromatic rings. The Labute approximate surface area is 214 Å². The van der Waals surface area contributed by atoms with E-state index in [-0.39, 0.29) is 11.9 Å². The number of ether oxygens (including phenoxy) is 1. The molecule has 0 radical (unpaired) electrons. The largest absolute Gasteiger partial charge is 0.491 e. The van der Waals surface area contributed by atoms with Crippen LogP contribution >= 0.6 is 11.3 Å². The predicted molar refractivity (Wildman–Crippen MR) is 143 cm³/mol. The second-order valence-corrected chi connectivity index (χ2v) is 11.3. The van der Waals surface area contributed by atoms with Gasteiger partial charge in [0.2, 0.25) is 5.91 Å². The Bertz CT molecular complexity index is 967. The molecular weight excluding hydrogens is 456 g/mol. The molecular formula is C29H40N2O3S. The topological polar surface area (TPSA) is 53.0 Å². The normalized spacial score (nSPS) is 18.5. The van der Waals surface area contributed by atoms with E-state index in [9.17, 15) is 9.90 Å². The van der Waals surface area contributed by atoms with Crippen LogP contribution in [0.3, 0.4) is 0 Å². The Hall–Kier alpha value is -2.15. The van der Waals surface area contributed by atoms with Gasteiger partial charge in [-0.1, -0.05) is 32.1 Å². The maximum atomic E-state index is 13.6. The van der Waals surface area contributed by atoms with E-state index in [0.717, 1.165) is 25.1 Å². The Morgan fingerprint density at radius 3 is 2.74 bits per heavy atom. The van der Waals surface area contributed by atoms with Gasteiger partial charge in [-0.25, -0.2) is 0 Å². The summed E-state index contributed by atoms with van der Waals surface area (Å²) in [7, 11) is 0. The molecule has 0 spiro atoms.